The monoisotopic (exact) mass is 348 g/mol. The first-order valence-electron chi connectivity index (χ1n) is 8.87. The van der Waals surface area contributed by atoms with Gasteiger partial charge in [0.05, 0.1) is 13.2 Å². The lowest BCUT2D eigenvalue weighted by Gasteiger charge is -2.33. The average Bonchev–Trinajstić information content (AvgIpc) is 2.89. The van der Waals surface area contributed by atoms with Crippen LogP contribution in [0.1, 0.15) is 59.8 Å². The molecule has 1 rings (SSSR count). The van der Waals surface area contributed by atoms with Crippen molar-refractivity contribution in [2.75, 3.05) is 26.3 Å². The third kappa shape index (κ3) is 6.84. The molecule has 23 heavy (non-hydrogen) atoms. The summed E-state index contributed by atoms with van der Waals surface area (Å²) >= 11 is 0. The first kappa shape index (κ1) is 20.5. The number of hydrogen-bond donors (Lipinski definition) is 0. The fraction of sp³-hybridized carbons (Fsp3) is 0.875. The molecule has 0 fully saturated rings. The normalized spacial score (nSPS) is 18.2. The molecular formula is C16H33N2O4P. The highest BCUT2D eigenvalue weighted by Crippen LogP contribution is 2.51. The molecule has 0 aromatic rings. The van der Waals surface area contributed by atoms with Crippen molar-refractivity contribution in [3.05, 3.63) is 12.4 Å². The summed E-state index contributed by atoms with van der Waals surface area (Å²) in [5, 5.41) is 0. The highest BCUT2D eigenvalue weighted by atomic mass is 31.2. The maximum absolute atomic E-state index is 12.6. The molecule has 0 saturated heterocycles. The van der Waals surface area contributed by atoms with E-state index in [4.69, 9.17) is 13.6 Å². The van der Waals surface area contributed by atoms with Crippen molar-refractivity contribution in [2.24, 2.45) is 0 Å². The van der Waals surface area contributed by atoms with Gasteiger partial charge >= 0.3 is 7.82 Å². The Bertz CT molecular complexity index is 382. The zero-order chi connectivity index (χ0) is 17.1. The Morgan fingerprint density at radius 1 is 0.913 bits per heavy atom. The molecule has 0 bridgehead atoms. The van der Waals surface area contributed by atoms with Crippen LogP contribution in [-0.4, -0.2) is 42.5 Å². The molecule has 0 saturated carbocycles. The van der Waals surface area contributed by atoms with Gasteiger partial charge < -0.3 is 9.80 Å². The molecule has 1 heterocycles. The Hall–Kier alpha value is -0.550. The molecule has 0 N–H and O–H groups in total. The van der Waals surface area contributed by atoms with E-state index in [1.54, 1.807) is 13.8 Å². The maximum Gasteiger partial charge on any atom is 0.478 e. The minimum Gasteiger partial charge on any atom is -0.334 e. The molecular weight excluding hydrogens is 315 g/mol. The molecule has 7 heteroatoms. The Morgan fingerprint density at radius 2 is 1.52 bits per heavy atom. The first-order chi connectivity index (χ1) is 11.1. The maximum atomic E-state index is 12.6. The largest absolute Gasteiger partial charge is 0.478 e. The minimum atomic E-state index is -3.53. The predicted molar refractivity (Wildman–Crippen MR) is 92.7 cm³/mol. The molecule has 6 nitrogen and oxygen atoms in total. The highest BCUT2D eigenvalue weighted by Gasteiger charge is 2.36. The minimum absolute atomic E-state index is 0.292. The third-order valence-corrected chi connectivity index (χ3v) is 5.30. The third-order valence-electron chi connectivity index (χ3n) is 3.70. The van der Waals surface area contributed by atoms with Crippen molar-refractivity contribution in [3.63, 3.8) is 0 Å². The van der Waals surface area contributed by atoms with E-state index in [2.05, 4.69) is 11.8 Å². The summed E-state index contributed by atoms with van der Waals surface area (Å²) < 4.78 is 28.9. The quantitative estimate of drug-likeness (QED) is 0.360. The van der Waals surface area contributed by atoms with Gasteiger partial charge in [0.2, 0.25) is 6.35 Å². The summed E-state index contributed by atoms with van der Waals surface area (Å²) in [7, 11) is -3.53. The number of hydrogen-bond acceptors (Lipinski definition) is 6. The lowest BCUT2D eigenvalue weighted by molar-refractivity contribution is -0.0523. The van der Waals surface area contributed by atoms with Gasteiger partial charge in [-0.15, -0.1) is 0 Å². The average molecular weight is 348 g/mol. The Labute approximate surface area is 141 Å². The van der Waals surface area contributed by atoms with Crippen LogP contribution in [0.3, 0.4) is 0 Å². The van der Waals surface area contributed by atoms with E-state index >= 15 is 0 Å². The summed E-state index contributed by atoms with van der Waals surface area (Å²) in [5.74, 6) is 0. The molecule has 1 aliphatic heterocycles. The topological polar surface area (TPSA) is 51.2 Å². The van der Waals surface area contributed by atoms with Crippen LogP contribution in [-0.2, 0) is 18.1 Å². The standard InChI is InChI=1S/C16H33N2O4P/c1-5-9-10-11-12-13-18-15-14-17(6-2)16(18)22-23(19,20-7-3)21-8-4/h14-16H,5-13H2,1-4H3. The molecule has 0 aliphatic carbocycles. The van der Waals surface area contributed by atoms with Crippen LogP contribution in [0.2, 0.25) is 0 Å². The number of unbranched alkanes of at least 4 members (excludes halogenated alkanes) is 4. The molecule has 1 atom stereocenters. The van der Waals surface area contributed by atoms with Gasteiger partial charge in [-0.2, -0.15) is 0 Å². The molecule has 0 aromatic heterocycles. The summed E-state index contributed by atoms with van der Waals surface area (Å²) in [6, 6.07) is 0. The molecule has 0 amide bonds. The summed E-state index contributed by atoms with van der Waals surface area (Å²) in [4.78, 5) is 4.07. The first-order valence-corrected chi connectivity index (χ1v) is 10.3. The molecule has 0 spiro atoms. The second-order valence-corrected chi connectivity index (χ2v) is 7.12. The van der Waals surface area contributed by atoms with Crippen molar-refractivity contribution in [3.8, 4) is 0 Å². The van der Waals surface area contributed by atoms with Crippen LogP contribution < -0.4 is 0 Å². The van der Waals surface area contributed by atoms with Crippen LogP contribution in [0, 0.1) is 0 Å². The van der Waals surface area contributed by atoms with Crippen molar-refractivity contribution in [1.29, 1.82) is 0 Å². The summed E-state index contributed by atoms with van der Waals surface area (Å²) in [6.45, 7) is 10.0. The number of rotatable bonds is 13. The summed E-state index contributed by atoms with van der Waals surface area (Å²) in [5.41, 5.74) is 0. The van der Waals surface area contributed by atoms with Gasteiger partial charge in [0.15, 0.2) is 0 Å². The van der Waals surface area contributed by atoms with E-state index in [1.165, 1.54) is 25.7 Å². The van der Waals surface area contributed by atoms with Gasteiger partial charge in [-0.05, 0) is 27.2 Å². The zero-order valence-corrected chi connectivity index (χ0v) is 16.0. The van der Waals surface area contributed by atoms with E-state index in [-0.39, 0.29) is 0 Å². The Morgan fingerprint density at radius 3 is 2.09 bits per heavy atom. The van der Waals surface area contributed by atoms with Crippen molar-refractivity contribution in [2.45, 2.75) is 66.2 Å². The molecule has 1 unspecified atom stereocenters. The van der Waals surface area contributed by atoms with Gasteiger partial charge in [-0.3, -0.25) is 9.05 Å². The van der Waals surface area contributed by atoms with Crippen LogP contribution >= 0.6 is 7.82 Å². The van der Waals surface area contributed by atoms with E-state index < -0.39 is 14.2 Å². The van der Waals surface area contributed by atoms with Gasteiger partial charge in [0.1, 0.15) is 0 Å². The van der Waals surface area contributed by atoms with Crippen molar-refractivity contribution < 1.29 is 18.1 Å². The lowest BCUT2D eigenvalue weighted by Crippen LogP contribution is -2.40. The smallest absolute Gasteiger partial charge is 0.334 e. The second-order valence-electron chi connectivity index (χ2n) is 5.50. The number of phosphoric acid groups is 1. The van der Waals surface area contributed by atoms with E-state index in [0.717, 1.165) is 19.5 Å². The van der Waals surface area contributed by atoms with Crippen LogP contribution in [0.5, 0.6) is 0 Å². The number of phosphoric ester groups is 1. The van der Waals surface area contributed by atoms with Crippen molar-refractivity contribution >= 4 is 7.82 Å². The van der Waals surface area contributed by atoms with Gasteiger partial charge in [-0.1, -0.05) is 32.6 Å². The molecule has 0 radical (unpaired) electrons. The molecule has 0 aromatic carbocycles. The molecule has 1 aliphatic rings. The fourth-order valence-corrected chi connectivity index (χ4v) is 3.81. The summed E-state index contributed by atoms with van der Waals surface area (Å²) in [6.07, 6.45) is 9.62. The number of nitrogens with zero attached hydrogens (tertiary/aromatic N) is 2. The van der Waals surface area contributed by atoms with E-state index in [1.807, 2.05) is 24.2 Å². The zero-order valence-electron chi connectivity index (χ0n) is 15.1. The van der Waals surface area contributed by atoms with E-state index in [0.29, 0.717) is 13.2 Å². The van der Waals surface area contributed by atoms with Crippen molar-refractivity contribution in [1.82, 2.24) is 9.80 Å². The van der Waals surface area contributed by atoms with Gasteiger partial charge in [0.25, 0.3) is 0 Å². The predicted octanol–water partition coefficient (Wildman–Crippen LogP) is 4.55. The van der Waals surface area contributed by atoms with Crippen LogP contribution in [0.15, 0.2) is 12.4 Å². The van der Waals surface area contributed by atoms with Crippen LogP contribution in [0.4, 0.5) is 0 Å². The SMILES string of the molecule is CCCCCCCN1C=CN(CC)C1OP(=O)(OCC)OCC. The van der Waals surface area contributed by atoms with Gasteiger partial charge in [-0.25, -0.2) is 9.09 Å². The highest BCUT2D eigenvalue weighted by molar-refractivity contribution is 7.48. The van der Waals surface area contributed by atoms with Crippen LogP contribution in [0.25, 0.3) is 0 Å². The fourth-order valence-electron chi connectivity index (χ4n) is 2.50. The van der Waals surface area contributed by atoms with E-state index in [9.17, 15) is 4.57 Å². The Kier molecular flexibility index (Phi) is 9.88. The second kappa shape index (κ2) is 11.1. The lowest BCUT2D eigenvalue weighted by atomic mass is 10.1. The Balaban J connectivity index is 2.60. The van der Waals surface area contributed by atoms with Gasteiger partial charge in [0, 0.05) is 25.5 Å². The molecule has 136 valence electrons.